The zero-order valence-electron chi connectivity index (χ0n) is 19.6. The molecule has 0 aliphatic rings. The molecular weight excluding hydrogens is 456 g/mol. The fraction of sp³-hybridized carbons (Fsp3) is 0.778. The van der Waals surface area contributed by atoms with Gasteiger partial charge in [-0.3, -0.25) is 30.0 Å². The summed E-state index contributed by atoms with van der Waals surface area (Å²) in [5.41, 5.74) is 26.4. The average Bonchev–Trinajstić information content (AvgIpc) is 2.65. The quantitative estimate of drug-likeness (QED) is 0.0895. The maximum atomic E-state index is 11.4. The van der Waals surface area contributed by atoms with E-state index in [1.54, 1.807) is 0 Å². The van der Waals surface area contributed by atoms with Gasteiger partial charge in [-0.2, -0.15) is 0 Å². The molecule has 34 heavy (non-hydrogen) atoms. The van der Waals surface area contributed by atoms with Gasteiger partial charge in [-0.05, 0) is 12.8 Å². The summed E-state index contributed by atoms with van der Waals surface area (Å²) in [6, 6.07) is -1.02. The molecule has 16 nitrogen and oxygen atoms in total. The standard InChI is InChI=1S/2C9H20N4O4/c2*1-13(5-9(16)17)12-8(15)3-6(11)2-7(14)4-10/h2*6-7,14H,2-5,10-11H2,1H3,(H,12,15)(H,16,17). The SMILES string of the molecule is CN(CC(=O)O)NC(=O)CC(N)CC(O)CN.CN(CC(=O)O)NC(=O)CC(N)CC(O)CN. The molecule has 2 amide bonds. The zero-order chi connectivity index (χ0) is 26.8. The van der Waals surface area contributed by atoms with Crippen LogP contribution < -0.4 is 33.8 Å². The van der Waals surface area contributed by atoms with E-state index in [9.17, 15) is 29.4 Å². The Bertz CT molecular complexity index is 575. The Hall–Kier alpha value is -2.44. The molecule has 0 rings (SSSR count). The summed E-state index contributed by atoms with van der Waals surface area (Å²) in [5, 5.41) is 37.7. The predicted molar refractivity (Wildman–Crippen MR) is 121 cm³/mol. The molecule has 200 valence electrons. The molecule has 16 heteroatoms. The summed E-state index contributed by atoms with van der Waals surface area (Å²) in [4.78, 5) is 43.4. The second kappa shape index (κ2) is 18.9. The third kappa shape index (κ3) is 21.4. The van der Waals surface area contributed by atoms with Gasteiger partial charge in [-0.15, -0.1) is 0 Å². The molecule has 0 bridgehead atoms. The number of nitrogens with two attached hydrogens (primary N) is 4. The van der Waals surface area contributed by atoms with Crippen LogP contribution in [0.4, 0.5) is 0 Å². The van der Waals surface area contributed by atoms with Gasteiger partial charge in [-0.25, -0.2) is 10.0 Å². The van der Waals surface area contributed by atoms with Crippen molar-refractivity contribution in [1.82, 2.24) is 20.9 Å². The summed E-state index contributed by atoms with van der Waals surface area (Å²) in [6.45, 7) is -0.415. The Morgan fingerprint density at radius 1 is 0.735 bits per heavy atom. The van der Waals surface area contributed by atoms with E-state index in [2.05, 4.69) is 10.9 Å². The van der Waals surface area contributed by atoms with E-state index in [0.717, 1.165) is 10.0 Å². The molecule has 4 atom stereocenters. The van der Waals surface area contributed by atoms with Crippen LogP contribution in [-0.2, 0) is 19.2 Å². The van der Waals surface area contributed by atoms with Gasteiger partial charge < -0.3 is 43.4 Å². The molecule has 0 aromatic carbocycles. The highest BCUT2D eigenvalue weighted by atomic mass is 16.4. The number of carbonyl (C=O) groups is 4. The molecule has 0 aliphatic heterocycles. The largest absolute Gasteiger partial charge is 0.480 e. The number of likely N-dealkylation sites (N-methyl/N-ethyl adjacent to an activating group) is 2. The van der Waals surface area contributed by atoms with Crippen molar-refractivity contribution in [3.63, 3.8) is 0 Å². The summed E-state index contributed by atoms with van der Waals surface area (Å²) in [6.07, 6.45) is -0.995. The van der Waals surface area contributed by atoms with Crippen LogP contribution in [-0.4, -0.2) is 119 Å². The molecule has 0 saturated heterocycles. The fourth-order valence-corrected chi connectivity index (χ4v) is 2.54. The number of carboxylic acid groups (broad SMARTS) is 2. The predicted octanol–water partition coefficient (Wildman–Crippen LogP) is -5.08. The third-order valence-electron chi connectivity index (χ3n) is 3.96. The molecule has 0 spiro atoms. The Morgan fingerprint density at radius 3 is 1.26 bits per heavy atom. The minimum Gasteiger partial charge on any atom is -0.480 e. The van der Waals surface area contributed by atoms with Crippen LogP contribution in [0.25, 0.3) is 0 Å². The molecule has 0 heterocycles. The summed E-state index contributed by atoms with van der Waals surface area (Å²) < 4.78 is 0. The molecule has 0 aliphatic carbocycles. The molecule has 4 unspecified atom stereocenters. The van der Waals surface area contributed by atoms with Crippen LogP contribution in [0.3, 0.4) is 0 Å². The number of hydrazine groups is 2. The molecule has 0 aromatic heterocycles. The van der Waals surface area contributed by atoms with Crippen LogP contribution in [0, 0.1) is 0 Å². The number of rotatable bonds is 16. The number of amides is 2. The molecular formula is C18H40N8O8. The molecule has 0 fully saturated rings. The average molecular weight is 497 g/mol. The maximum Gasteiger partial charge on any atom is 0.319 e. The number of nitrogens with one attached hydrogen (secondary N) is 2. The Morgan fingerprint density at radius 2 is 1.03 bits per heavy atom. The van der Waals surface area contributed by atoms with Gasteiger partial charge in [0.05, 0.1) is 12.2 Å². The van der Waals surface area contributed by atoms with Crippen LogP contribution in [0.5, 0.6) is 0 Å². The lowest BCUT2D eigenvalue weighted by Crippen LogP contribution is -2.44. The van der Waals surface area contributed by atoms with Gasteiger partial charge in [-0.1, -0.05) is 0 Å². The van der Waals surface area contributed by atoms with Crippen molar-refractivity contribution < 1.29 is 39.6 Å². The maximum absolute atomic E-state index is 11.4. The number of carbonyl (C=O) groups excluding carboxylic acids is 2. The van der Waals surface area contributed by atoms with Crippen molar-refractivity contribution in [3.8, 4) is 0 Å². The highest BCUT2D eigenvalue weighted by Gasteiger charge is 2.16. The van der Waals surface area contributed by atoms with E-state index in [4.69, 9.17) is 33.1 Å². The summed E-state index contributed by atoms with van der Waals surface area (Å²) >= 11 is 0. The zero-order valence-corrected chi connectivity index (χ0v) is 19.6. The summed E-state index contributed by atoms with van der Waals surface area (Å²) in [5.74, 6) is -2.89. The van der Waals surface area contributed by atoms with Gasteiger partial charge in [0.25, 0.3) is 0 Å². The van der Waals surface area contributed by atoms with Crippen molar-refractivity contribution in [2.24, 2.45) is 22.9 Å². The van der Waals surface area contributed by atoms with E-state index in [0.29, 0.717) is 0 Å². The minimum absolute atomic E-state index is 0.00101. The number of carboxylic acids is 2. The first-order valence-corrected chi connectivity index (χ1v) is 10.4. The van der Waals surface area contributed by atoms with Gasteiger partial charge in [0.2, 0.25) is 11.8 Å². The second-order valence-corrected chi connectivity index (χ2v) is 7.75. The van der Waals surface area contributed by atoms with Crippen molar-refractivity contribution in [2.75, 3.05) is 40.3 Å². The van der Waals surface area contributed by atoms with Gasteiger partial charge >= 0.3 is 11.9 Å². The minimum atomic E-state index is -1.05. The Balaban J connectivity index is 0. The number of aliphatic carboxylic acids is 2. The smallest absolute Gasteiger partial charge is 0.319 e. The number of aliphatic hydroxyl groups is 2. The summed E-state index contributed by atoms with van der Waals surface area (Å²) in [7, 11) is 2.87. The molecule has 0 aromatic rings. The van der Waals surface area contributed by atoms with E-state index < -0.39 is 48.0 Å². The van der Waals surface area contributed by atoms with Gasteiger partial charge in [0, 0.05) is 52.1 Å². The Kier molecular flexibility index (Phi) is 18.8. The first-order chi connectivity index (χ1) is 15.7. The second-order valence-electron chi connectivity index (χ2n) is 7.75. The lowest BCUT2D eigenvalue weighted by atomic mass is 10.1. The molecule has 0 radical (unpaired) electrons. The van der Waals surface area contributed by atoms with Gasteiger partial charge in [0.1, 0.15) is 13.1 Å². The van der Waals surface area contributed by atoms with E-state index in [1.165, 1.54) is 14.1 Å². The van der Waals surface area contributed by atoms with Crippen LogP contribution in [0.15, 0.2) is 0 Å². The normalized spacial score (nSPS) is 14.4. The topological polar surface area (TPSA) is 284 Å². The number of hydrogen-bond donors (Lipinski definition) is 10. The van der Waals surface area contributed by atoms with E-state index >= 15 is 0 Å². The van der Waals surface area contributed by atoms with Crippen LogP contribution in [0.2, 0.25) is 0 Å². The van der Waals surface area contributed by atoms with Crippen LogP contribution >= 0.6 is 0 Å². The highest BCUT2D eigenvalue weighted by Crippen LogP contribution is 2.00. The van der Waals surface area contributed by atoms with Crippen molar-refractivity contribution in [1.29, 1.82) is 0 Å². The van der Waals surface area contributed by atoms with E-state index in [-0.39, 0.29) is 51.9 Å². The Labute approximate surface area is 198 Å². The van der Waals surface area contributed by atoms with Gasteiger partial charge in [0.15, 0.2) is 0 Å². The monoisotopic (exact) mass is 496 g/mol. The lowest BCUT2D eigenvalue weighted by molar-refractivity contribution is -0.141. The first-order valence-electron chi connectivity index (χ1n) is 10.4. The van der Waals surface area contributed by atoms with Crippen molar-refractivity contribution >= 4 is 23.8 Å². The number of aliphatic hydroxyl groups excluding tert-OH is 2. The first kappa shape index (κ1) is 33.7. The van der Waals surface area contributed by atoms with E-state index in [1.807, 2.05) is 0 Å². The number of hydrogen-bond acceptors (Lipinski definition) is 12. The molecule has 14 N–H and O–H groups in total. The lowest BCUT2D eigenvalue weighted by Gasteiger charge is -2.18. The molecule has 0 saturated carbocycles. The van der Waals surface area contributed by atoms with Crippen molar-refractivity contribution in [2.45, 2.75) is 50.0 Å². The van der Waals surface area contributed by atoms with Crippen molar-refractivity contribution in [3.05, 3.63) is 0 Å². The highest BCUT2D eigenvalue weighted by molar-refractivity contribution is 5.77. The number of nitrogens with zero attached hydrogens (tertiary/aromatic N) is 2. The fourth-order valence-electron chi connectivity index (χ4n) is 2.54. The third-order valence-corrected chi connectivity index (χ3v) is 3.96. The van der Waals surface area contributed by atoms with Crippen LogP contribution in [0.1, 0.15) is 25.7 Å².